The largest absolute Gasteiger partial charge is 0.297 e. The van der Waals surface area contributed by atoms with Gasteiger partial charge in [-0.25, -0.2) is 0 Å². The molecular weight excluding hydrogens is 210 g/mol. The number of carbonyl (C=O) groups excluding carboxylic acids is 1. The van der Waals surface area contributed by atoms with Crippen LogP contribution >= 0.6 is 0 Å². The van der Waals surface area contributed by atoms with Gasteiger partial charge in [0.25, 0.3) is 13.1 Å². The summed E-state index contributed by atoms with van der Waals surface area (Å²) >= 11 is 0. The maximum atomic E-state index is 12.3. The molecular formula is C15H18NO+. The Balaban J connectivity index is 2.49. The van der Waals surface area contributed by atoms with E-state index in [1.165, 1.54) is 5.56 Å². The highest BCUT2D eigenvalue weighted by atomic mass is 16.1. The number of ketones is 1. The van der Waals surface area contributed by atoms with Gasteiger partial charge in [0.05, 0.1) is 0 Å². The van der Waals surface area contributed by atoms with Gasteiger partial charge < -0.3 is 0 Å². The van der Waals surface area contributed by atoms with E-state index in [1.54, 1.807) is 7.05 Å². The molecule has 17 heavy (non-hydrogen) atoms. The molecule has 2 rings (SSSR count). The second-order valence-electron chi connectivity index (χ2n) is 4.74. The van der Waals surface area contributed by atoms with E-state index in [2.05, 4.69) is 30.0 Å². The first-order valence-corrected chi connectivity index (χ1v) is 6.15. The fourth-order valence-electron chi connectivity index (χ4n) is 2.55. The van der Waals surface area contributed by atoms with Crippen molar-refractivity contribution in [3.05, 3.63) is 40.2 Å². The molecule has 1 aromatic rings. The topological polar surface area (TPSA) is 21.4 Å². The minimum Gasteiger partial charge on any atom is -0.297 e. The number of hydrogen-bond acceptors (Lipinski definition) is 1. The molecule has 1 aliphatic carbocycles. The number of nitrogens with zero attached hydrogens (tertiary/aromatic N) is 1. The van der Waals surface area contributed by atoms with Crippen molar-refractivity contribution in [2.45, 2.75) is 38.0 Å². The molecule has 0 unspecified atom stereocenters. The molecule has 0 radical (unpaired) electrons. The van der Waals surface area contributed by atoms with Gasteiger partial charge in [-0.2, -0.15) is 0 Å². The van der Waals surface area contributed by atoms with Gasteiger partial charge >= 0.3 is 0 Å². The minimum atomic E-state index is -0.583. The summed E-state index contributed by atoms with van der Waals surface area (Å²) in [6.07, 6.45) is 3.56. The molecule has 0 bridgehead atoms. The zero-order valence-corrected chi connectivity index (χ0v) is 10.5. The number of carbonyl (C=O) groups is 1. The Kier molecular flexibility index (Phi) is 3.28. The van der Waals surface area contributed by atoms with Crippen molar-refractivity contribution < 1.29 is 4.79 Å². The summed E-state index contributed by atoms with van der Waals surface area (Å²) in [4.78, 5) is 16.3. The molecule has 1 aliphatic rings. The van der Waals surface area contributed by atoms with Gasteiger partial charge in [-0.3, -0.25) is 4.79 Å². The SMILES string of the molecule is C[N+]#C[C@]1(c2ccc(C)cc2)CCCCC1=O. The van der Waals surface area contributed by atoms with Gasteiger partial charge in [0, 0.05) is 6.42 Å². The lowest BCUT2D eigenvalue weighted by Gasteiger charge is -2.27. The van der Waals surface area contributed by atoms with Crippen LogP contribution in [0.25, 0.3) is 4.85 Å². The lowest BCUT2D eigenvalue weighted by atomic mass is 9.69. The summed E-state index contributed by atoms with van der Waals surface area (Å²) in [5.41, 5.74) is 1.67. The predicted octanol–water partition coefficient (Wildman–Crippen LogP) is 3.34. The van der Waals surface area contributed by atoms with Crippen molar-refractivity contribution in [3.8, 4) is 6.07 Å². The maximum absolute atomic E-state index is 12.3. The van der Waals surface area contributed by atoms with Crippen molar-refractivity contribution in [2.24, 2.45) is 0 Å². The van der Waals surface area contributed by atoms with Crippen molar-refractivity contribution >= 4 is 5.78 Å². The van der Waals surface area contributed by atoms with Gasteiger partial charge in [0.15, 0.2) is 11.2 Å². The summed E-state index contributed by atoms with van der Waals surface area (Å²) in [6, 6.07) is 11.2. The molecule has 0 amide bonds. The normalized spacial score (nSPS) is 24.0. The summed E-state index contributed by atoms with van der Waals surface area (Å²) in [6.45, 7) is 2.05. The van der Waals surface area contributed by atoms with E-state index in [1.807, 2.05) is 12.1 Å². The monoisotopic (exact) mass is 228 g/mol. The van der Waals surface area contributed by atoms with Gasteiger partial charge in [0.1, 0.15) is 0 Å². The average molecular weight is 228 g/mol. The molecule has 88 valence electrons. The third-order valence-corrected chi connectivity index (χ3v) is 3.53. The van der Waals surface area contributed by atoms with Gasteiger partial charge in [0.2, 0.25) is 0 Å². The quantitative estimate of drug-likeness (QED) is 0.722. The lowest BCUT2D eigenvalue weighted by Crippen LogP contribution is -2.37. The molecule has 1 atom stereocenters. The van der Waals surface area contributed by atoms with E-state index in [-0.39, 0.29) is 5.78 Å². The lowest BCUT2D eigenvalue weighted by molar-refractivity contribution is -0.124. The van der Waals surface area contributed by atoms with Crippen LogP contribution in [0.4, 0.5) is 0 Å². The highest BCUT2D eigenvalue weighted by Crippen LogP contribution is 2.36. The van der Waals surface area contributed by atoms with Crippen LogP contribution < -0.4 is 0 Å². The second kappa shape index (κ2) is 4.71. The van der Waals surface area contributed by atoms with Crippen LogP contribution in [0, 0.1) is 13.0 Å². The Hall–Kier alpha value is -1.62. The van der Waals surface area contributed by atoms with Crippen LogP contribution in [0.1, 0.15) is 36.8 Å². The van der Waals surface area contributed by atoms with E-state index in [0.717, 1.165) is 24.8 Å². The predicted molar refractivity (Wildman–Crippen MR) is 69.5 cm³/mol. The van der Waals surface area contributed by atoms with E-state index in [0.29, 0.717) is 6.42 Å². The molecule has 1 fully saturated rings. The number of hydrogen-bond donors (Lipinski definition) is 0. The maximum Gasteiger partial charge on any atom is 0.292 e. The van der Waals surface area contributed by atoms with Crippen LogP contribution in [-0.4, -0.2) is 12.8 Å². The van der Waals surface area contributed by atoms with Gasteiger partial charge in [-0.05, 0) is 25.3 Å². The Labute approximate surface area is 102 Å². The second-order valence-corrected chi connectivity index (χ2v) is 4.74. The standard InChI is InChI=1S/C15H18NO/c1-12-6-8-13(9-7-12)15(11-16-2)10-4-3-5-14(15)17/h6-9H,3-5,10H2,1-2H3/q+1/t15-/m0/s1. The van der Waals surface area contributed by atoms with Crippen molar-refractivity contribution in [1.29, 1.82) is 0 Å². The Morgan fingerprint density at radius 1 is 1.24 bits per heavy atom. The molecule has 2 heteroatoms. The highest BCUT2D eigenvalue weighted by Gasteiger charge is 2.45. The first-order valence-electron chi connectivity index (χ1n) is 6.15. The minimum absolute atomic E-state index is 0.262. The van der Waals surface area contributed by atoms with E-state index < -0.39 is 5.41 Å². The molecule has 0 saturated heterocycles. The first-order chi connectivity index (χ1) is 8.19. The number of aryl methyl sites for hydroxylation is 1. The van der Waals surface area contributed by atoms with E-state index in [9.17, 15) is 4.79 Å². The Morgan fingerprint density at radius 3 is 2.53 bits per heavy atom. The first kappa shape index (κ1) is 11.9. The highest BCUT2D eigenvalue weighted by molar-refractivity contribution is 5.94. The molecule has 0 aromatic heterocycles. The third-order valence-electron chi connectivity index (χ3n) is 3.53. The Bertz CT molecular complexity index is 478. The van der Waals surface area contributed by atoms with Gasteiger partial charge in [-0.1, -0.05) is 41.1 Å². The fourth-order valence-corrected chi connectivity index (χ4v) is 2.55. The molecule has 0 N–H and O–H groups in total. The van der Waals surface area contributed by atoms with Crippen LogP contribution in [0.2, 0.25) is 0 Å². The Morgan fingerprint density at radius 2 is 1.94 bits per heavy atom. The molecule has 1 saturated carbocycles. The smallest absolute Gasteiger partial charge is 0.292 e. The average Bonchev–Trinajstić information content (AvgIpc) is 2.33. The van der Waals surface area contributed by atoms with Crippen LogP contribution in [-0.2, 0) is 10.2 Å². The number of Topliss-reactive ketones (excluding diaryl/α,β-unsaturated/α-hetero) is 1. The van der Waals surface area contributed by atoms with Gasteiger partial charge in [-0.15, -0.1) is 0 Å². The summed E-state index contributed by atoms with van der Waals surface area (Å²) in [7, 11) is 1.69. The van der Waals surface area contributed by atoms with Crippen molar-refractivity contribution in [1.82, 2.24) is 0 Å². The molecule has 0 spiro atoms. The molecule has 0 heterocycles. The number of benzene rings is 1. The van der Waals surface area contributed by atoms with Crippen LogP contribution in [0.3, 0.4) is 0 Å². The fraction of sp³-hybridized carbons (Fsp3) is 0.467. The zero-order valence-electron chi connectivity index (χ0n) is 10.5. The summed E-state index contributed by atoms with van der Waals surface area (Å²) < 4.78 is 0. The van der Waals surface area contributed by atoms with Crippen LogP contribution in [0.15, 0.2) is 24.3 Å². The number of rotatable bonds is 1. The van der Waals surface area contributed by atoms with Crippen molar-refractivity contribution in [3.63, 3.8) is 0 Å². The molecule has 1 aromatic carbocycles. The molecule has 2 nitrogen and oxygen atoms in total. The summed E-state index contributed by atoms with van der Waals surface area (Å²) in [5.74, 6) is 0.262. The van der Waals surface area contributed by atoms with E-state index in [4.69, 9.17) is 0 Å². The zero-order chi connectivity index (χ0) is 12.3. The molecule has 0 aliphatic heterocycles. The van der Waals surface area contributed by atoms with E-state index >= 15 is 0 Å². The third kappa shape index (κ3) is 2.10. The summed E-state index contributed by atoms with van der Waals surface area (Å²) in [5, 5.41) is 0. The van der Waals surface area contributed by atoms with Crippen molar-refractivity contribution in [2.75, 3.05) is 7.05 Å². The van der Waals surface area contributed by atoms with Crippen LogP contribution in [0.5, 0.6) is 0 Å².